The Labute approximate surface area is 170 Å². The number of hydrogen-bond acceptors (Lipinski definition) is 5. The molecule has 1 fully saturated rings. The molecule has 2 aromatic rings. The third-order valence-corrected chi connectivity index (χ3v) is 5.84. The zero-order valence-electron chi connectivity index (χ0n) is 16.9. The molecule has 7 heteroatoms. The average molecular weight is 394 g/mol. The van der Waals surface area contributed by atoms with Gasteiger partial charge in [-0.1, -0.05) is 18.2 Å². The van der Waals surface area contributed by atoms with Gasteiger partial charge in [0.2, 0.25) is 11.8 Å². The third-order valence-electron chi connectivity index (χ3n) is 5.84. The van der Waals surface area contributed by atoms with Gasteiger partial charge in [-0.2, -0.15) is 0 Å². The minimum Gasteiger partial charge on any atom is -0.496 e. The lowest BCUT2D eigenvalue weighted by atomic mass is 10.0. The normalized spacial score (nSPS) is 18.5. The maximum atomic E-state index is 12.8. The molecule has 3 heterocycles. The molecule has 29 heavy (non-hydrogen) atoms. The Morgan fingerprint density at radius 3 is 2.83 bits per heavy atom. The molecule has 1 aromatic carbocycles. The number of methoxy groups -OCH3 is 1. The van der Waals surface area contributed by atoms with Gasteiger partial charge in [-0.3, -0.25) is 9.59 Å². The second-order valence-corrected chi connectivity index (χ2v) is 7.70. The standard InChI is InChI=1S/C22H26N4O3/c1-15(27)25-10-8-19-18(14-25)12-23-22(24-19)17-7-9-26(13-17)21(28)11-16-5-3-4-6-20(16)29-2/h3-6,12,17H,7-11,13-14H2,1-2H3/t17-/m0/s1. The van der Waals surface area contributed by atoms with E-state index in [-0.39, 0.29) is 17.7 Å². The quantitative estimate of drug-likeness (QED) is 0.792. The van der Waals surface area contributed by atoms with Crippen molar-refractivity contribution in [3.63, 3.8) is 0 Å². The van der Waals surface area contributed by atoms with E-state index < -0.39 is 0 Å². The molecule has 2 aliphatic rings. The van der Waals surface area contributed by atoms with Crippen molar-refractivity contribution >= 4 is 11.8 Å². The topological polar surface area (TPSA) is 75.6 Å². The summed E-state index contributed by atoms with van der Waals surface area (Å²) >= 11 is 0. The summed E-state index contributed by atoms with van der Waals surface area (Å²) < 4.78 is 5.36. The summed E-state index contributed by atoms with van der Waals surface area (Å²) in [6.07, 6.45) is 3.82. The van der Waals surface area contributed by atoms with Crippen molar-refractivity contribution in [2.45, 2.75) is 38.6 Å². The largest absolute Gasteiger partial charge is 0.496 e. The smallest absolute Gasteiger partial charge is 0.227 e. The minimum absolute atomic E-state index is 0.0831. The molecule has 4 rings (SSSR count). The highest BCUT2D eigenvalue weighted by atomic mass is 16.5. The van der Waals surface area contributed by atoms with Gasteiger partial charge in [-0.05, 0) is 12.5 Å². The lowest BCUT2D eigenvalue weighted by Crippen LogP contribution is -2.35. The number of para-hydroxylation sites is 1. The molecular formula is C22H26N4O3. The fraction of sp³-hybridized carbons (Fsp3) is 0.455. The minimum atomic E-state index is 0.0831. The van der Waals surface area contributed by atoms with Crippen LogP contribution in [-0.4, -0.2) is 58.3 Å². The summed E-state index contributed by atoms with van der Waals surface area (Å²) in [6.45, 7) is 4.24. The van der Waals surface area contributed by atoms with Crippen LogP contribution in [0.25, 0.3) is 0 Å². The summed E-state index contributed by atoms with van der Waals surface area (Å²) in [5.41, 5.74) is 2.96. The molecule has 1 aromatic heterocycles. The number of ether oxygens (including phenoxy) is 1. The van der Waals surface area contributed by atoms with E-state index in [1.165, 1.54) is 0 Å². The van der Waals surface area contributed by atoms with Gasteiger partial charge in [0, 0.05) is 62.8 Å². The van der Waals surface area contributed by atoms with Crippen molar-refractivity contribution in [1.29, 1.82) is 0 Å². The van der Waals surface area contributed by atoms with Crippen LogP contribution in [-0.2, 0) is 29.0 Å². The van der Waals surface area contributed by atoms with Crippen molar-refractivity contribution in [3.8, 4) is 5.75 Å². The van der Waals surface area contributed by atoms with Crippen LogP contribution in [0.15, 0.2) is 30.5 Å². The number of likely N-dealkylation sites (tertiary alicyclic amines) is 1. The number of carbonyl (C=O) groups excluding carboxylic acids is 2. The van der Waals surface area contributed by atoms with E-state index in [1.807, 2.05) is 40.3 Å². The number of fused-ring (bicyclic) bond motifs is 1. The van der Waals surface area contributed by atoms with Gasteiger partial charge >= 0.3 is 0 Å². The monoisotopic (exact) mass is 394 g/mol. The average Bonchev–Trinajstić information content (AvgIpc) is 3.24. The maximum Gasteiger partial charge on any atom is 0.227 e. The molecule has 152 valence electrons. The first-order chi connectivity index (χ1) is 14.0. The molecule has 0 unspecified atom stereocenters. The van der Waals surface area contributed by atoms with Crippen LogP contribution in [0.3, 0.4) is 0 Å². The number of carbonyl (C=O) groups is 2. The van der Waals surface area contributed by atoms with E-state index in [4.69, 9.17) is 9.72 Å². The zero-order chi connectivity index (χ0) is 20.4. The van der Waals surface area contributed by atoms with E-state index in [0.717, 1.165) is 47.8 Å². The van der Waals surface area contributed by atoms with Crippen LogP contribution in [0.1, 0.15) is 41.9 Å². The first kappa shape index (κ1) is 19.4. The predicted molar refractivity (Wildman–Crippen MR) is 107 cm³/mol. The van der Waals surface area contributed by atoms with E-state index in [0.29, 0.717) is 26.1 Å². The highest BCUT2D eigenvalue weighted by Gasteiger charge is 2.30. The Kier molecular flexibility index (Phi) is 5.47. The van der Waals surface area contributed by atoms with Crippen LogP contribution in [0.5, 0.6) is 5.75 Å². The number of aromatic nitrogens is 2. The Balaban J connectivity index is 1.41. The number of rotatable bonds is 4. The van der Waals surface area contributed by atoms with Gasteiger partial charge in [0.25, 0.3) is 0 Å². The molecule has 0 radical (unpaired) electrons. The third kappa shape index (κ3) is 4.09. The van der Waals surface area contributed by atoms with Crippen molar-refractivity contribution in [2.75, 3.05) is 26.7 Å². The van der Waals surface area contributed by atoms with E-state index in [2.05, 4.69) is 4.98 Å². The molecule has 2 aliphatic heterocycles. The first-order valence-corrected chi connectivity index (χ1v) is 10.0. The number of hydrogen-bond donors (Lipinski definition) is 0. The molecular weight excluding hydrogens is 368 g/mol. The van der Waals surface area contributed by atoms with E-state index >= 15 is 0 Å². The van der Waals surface area contributed by atoms with Crippen LogP contribution in [0, 0.1) is 0 Å². The van der Waals surface area contributed by atoms with Gasteiger partial charge < -0.3 is 14.5 Å². The zero-order valence-corrected chi connectivity index (χ0v) is 16.9. The molecule has 1 atom stereocenters. The van der Waals surface area contributed by atoms with Crippen molar-refractivity contribution in [2.24, 2.45) is 0 Å². The second kappa shape index (κ2) is 8.19. The predicted octanol–water partition coefficient (Wildman–Crippen LogP) is 1.95. The van der Waals surface area contributed by atoms with Gasteiger partial charge in [0.05, 0.1) is 19.2 Å². The molecule has 7 nitrogen and oxygen atoms in total. The van der Waals surface area contributed by atoms with Gasteiger partial charge in [0.15, 0.2) is 0 Å². The Morgan fingerprint density at radius 2 is 2.03 bits per heavy atom. The molecule has 1 saturated heterocycles. The summed E-state index contributed by atoms with van der Waals surface area (Å²) in [6, 6.07) is 7.64. The van der Waals surface area contributed by atoms with Crippen molar-refractivity contribution in [1.82, 2.24) is 19.8 Å². The number of amides is 2. The van der Waals surface area contributed by atoms with Gasteiger partial charge in [-0.15, -0.1) is 0 Å². The Morgan fingerprint density at radius 1 is 1.21 bits per heavy atom. The summed E-state index contributed by atoms with van der Waals surface area (Å²) in [5.74, 6) is 1.90. The SMILES string of the molecule is COc1ccccc1CC(=O)N1CC[C@H](c2ncc3c(n2)CCN(C(C)=O)C3)C1. The van der Waals surface area contributed by atoms with Crippen LogP contribution >= 0.6 is 0 Å². The fourth-order valence-corrected chi connectivity index (χ4v) is 4.12. The molecule has 2 amide bonds. The van der Waals surface area contributed by atoms with Crippen molar-refractivity contribution in [3.05, 3.63) is 53.1 Å². The summed E-state index contributed by atoms with van der Waals surface area (Å²) in [4.78, 5) is 37.5. The highest BCUT2D eigenvalue weighted by Crippen LogP contribution is 2.28. The molecule has 0 aliphatic carbocycles. The van der Waals surface area contributed by atoms with E-state index in [9.17, 15) is 9.59 Å². The Hall–Kier alpha value is -2.96. The molecule has 0 saturated carbocycles. The molecule has 0 spiro atoms. The molecule has 0 bridgehead atoms. The first-order valence-electron chi connectivity index (χ1n) is 10.0. The lowest BCUT2D eigenvalue weighted by Gasteiger charge is -2.27. The number of benzene rings is 1. The van der Waals surface area contributed by atoms with Crippen LogP contribution < -0.4 is 4.74 Å². The number of nitrogens with zero attached hydrogens (tertiary/aromatic N) is 4. The van der Waals surface area contributed by atoms with Gasteiger partial charge in [-0.25, -0.2) is 9.97 Å². The lowest BCUT2D eigenvalue weighted by molar-refractivity contribution is -0.130. The maximum absolute atomic E-state index is 12.8. The van der Waals surface area contributed by atoms with Crippen LogP contribution in [0.2, 0.25) is 0 Å². The highest BCUT2D eigenvalue weighted by molar-refractivity contribution is 5.80. The van der Waals surface area contributed by atoms with Crippen LogP contribution in [0.4, 0.5) is 0 Å². The Bertz CT molecular complexity index is 930. The second-order valence-electron chi connectivity index (χ2n) is 7.70. The fourth-order valence-electron chi connectivity index (χ4n) is 4.12. The summed E-state index contributed by atoms with van der Waals surface area (Å²) in [7, 11) is 1.62. The summed E-state index contributed by atoms with van der Waals surface area (Å²) in [5, 5.41) is 0. The van der Waals surface area contributed by atoms with Gasteiger partial charge in [0.1, 0.15) is 11.6 Å². The van der Waals surface area contributed by atoms with E-state index in [1.54, 1.807) is 14.0 Å². The van der Waals surface area contributed by atoms with Crippen molar-refractivity contribution < 1.29 is 14.3 Å². The molecule has 0 N–H and O–H groups in total.